The zero-order valence-electron chi connectivity index (χ0n) is 20.9. The van der Waals surface area contributed by atoms with E-state index in [4.69, 9.17) is 11.6 Å². The number of hydrogen-bond donors (Lipinski definition) is 1. The van der Waals surface area contributed by atoms with E-state index in [1.807, 2.05) is 6.07 Å². The molecule has 2 aromatic rings. The van der Waals surface area contributed by atoms with Crippen LogP contribution in [0.1, 0.15) is 74.1 Å². The molecule has 3 unspecified atom stereocenters. The average Bonchev–Trinajstić information content (AvgIpc) is 3.32. The van der Waals surface area contributed by atoms with Gasteiger partial charge < -0.3 is 10.2 Å². The number of rotatable bonds is 3. The Kier molecular flexibility index (Phi) is 6.64. The van der Waals surface area contributed by atoms with Crippen LogP contribution in [0.4, 0.5) is 0 Å². The van der Waals surface area contributed by atoms with E-state index in [0.29, 0.717) is 41.5 Å². The van der Waals surface area contributed by atoms with Crippen LogP contribution in [-0.2, 0) is 21.4 Å². The number of ketones is 1. The van der Waals surface area contributed by atoms with Gasteiger partial charge in [-0.05, 0) is 74.0 Å². The monoisotopic (exact) mass is 505 g/mol. The number of halogens is 1. The first-order valence-corrected chi connectivity index (χ1v) is 14.2. The fourth-order valence-corrected chi connectivity index (χ4v) is 7.91. The summed E-state index contributed by atoms with van der Waals surface area (Å²) in [6.45, 7) is 2.34. The fraction of sp³-hybridized carbons (Fsp3) is 0.567. The Labute approximate surface area is 219 Å². The summed E-state index contributed by atoms with van der Waals surface area (Å²) in [5.41, 5.74) is 3.47. The van der Waals surface area contributed by atoms with Gasteiger partial charge in [-0.1, -0.05) is 48.0 Å². The third-order valence-corrected chi connectivity index (χ3v) is 9.81. The van der Waals surface area contributed by atoms with Gasteiger partial charge in [0, 0.05) is 49.6 Å². The number of carbonyl (C=O) groups is 2. The molecule has 190 valence electrons. The lowest BCUT2D eigenvalue weighted by Crippen LogP contribution is -2.55. The molecule has 4 aliphatic rings. The summed E-state index contributed by atoms with van der Waals surface area (Å²) >= 11 is 6.25. The Bertz CT molecular complexity index is 1130. The van der Waals surface area contributed by atoms with Gasteiger partial charge >= 0.3 is 0 Å². The first-order valence-electron chi connectivity index (χ1n) is 13.8. The molecule has 5 nitrogen and oxygen atoms in total. The van der Waals surface area contributed by atoms with Gasteiger partial charge in [0.2, 0.25) is 5.91 Å². The zero-order valence-corrected chi connectivity index (χ0v) is 21.7. The van der Waals surface area contributed by atoms with Crippen LogP contribution in [-0.4, -0.2) is 47.3 Å². The number of aryl methyl sites for hydroxylation is 1. The summed E-state index contributed by atoms with van der Waals surface area (Å²) in [7, 11) is 0. The summed E-state index contributed by atoms with van der Waals surface area (Å²) in [4.78, 5) is 33.4. The summed E-state index contributed by atoms with van der Waals surface area (Å²) < 4.78 is 0. The van der Waals surface area contributed by atoms with Crippen molar-refractivity contribution < 1.29 is 9.59 Å². The number of Topliss-reactive ketones (excluding diaryl/α,β-unsaturated/α-hetero) is 1. The number of pyridine rings is 1. The molecule has 1 aromatic heterocycles. The summed E-state index contributed by atoms with van der Waals surface area (Å²) in [5, 5.41) is 4.13. The van der Waals surface area contributed by atoms with Crippen LogP contribution in [0.2, 0.25) is 5.15 Å². The SMILES string of the molecule is O=C1CCC(C2CC(c3ccccc3)CCN2C(=O)C2CNC[C@]23CCCc2nc(Cl)ccc23)CC1. The fourth-order valence-electron chi connectivity index (χ4n) is 7.74. The van der Waals surface area contributed by atoms with Gasteiger partial charge in [-0.15, -0.1) is 0 Å². The van der Waals surface area contributed by atoms with Crippen molar-refractivity contribution in [2.45, 2.75) is 75.2 Å². The van der Waals surface area contributed by atoms with Crippen molar-refractivity contribution >= 4 is 23.3 Å². The van der Waals surface area contributed by atoms with E-state index in [0.717, 1.165) is 70.3 Å². The highest BCUT2D eigenvalue weighted by Gasteiger charge is 2.52. The average molecular weight is 506 g/mol. The lowest BCUT2D eigenvalue weighted by Gasteiger charge is -2.47. The second-order valence-electron chi connectivity index (χ2n) is 11.4. The Hall–Kier alpha value is -2.24. The van der Waals surface area contributed by atoms with Crippen molar-refractivity contribution in [2.75, 3.05) is 19.6 Å². The minimum absolute atomic E-state index is 0.0828. The molecule has 4 atom stereocenters. The van der Waals surface area contributed by atoms with Gasteiger partial charge in [0.15, 0.2) is 0 Å². The molecular weight excluding hydrogens is 470 g/mol. The molecule has 3 fully saturated rings. The first kappa shape index (κ1) is 24.1. The van der Waals surface area contributed by atoms with Crippen molar-refractivity contribution in [3.8, 4) is 0 Å². The third kappa shape index (κ3) is 4.28. The first-order chi connectivity index (χ1) is 17.5. The number of hydrogen-bond acceptors (Lipinski definition) is 4. The van der Waals surface area contributed by atoms with E-state index in [1.54, 1.807) is 0 Å². The minimum atomic E-state index is -0.203. The van der Waals surface area contributed by atoms with Gasteiger partial charge in [-0.3, -0.25) is 9.59 Å². The molecule has 1 aromatic carbocycles. The molecule has 2 saturated heterocycles. The molecule has 36 heavy (non-hydrogen) atoms. The van der Waals surface area contributed by atoms with Crippen LogP contribution in [0, 0.1) is 11.8 Å². The molecule has 0 radical (unpaired) electrons. The maximum atomic E-state index is 14.5. The van der Waals surface area contributed by atoms with Gasteiger partial charge in [-0.2, -0.15) is 0 Å². The van der Waals surface area contributed by atoms with Crippen molar-refractivity contribution in [3.63, 3.8) is 0 Å². The van der Waals surface area contributed by atoms with Crippen molar-refractivity contribution in [1.29, 1.82) is 0 Å². The van der Waals surface area contributed by atoms with E-state index in [1.165, 1.54) is 11.1 Å². The second-order valence-corrected chi connectivity index (χ2v) is 11.8. The second kappa shape index (κ2) is 9.90. The largest absolute Gasteiger partial charge is 0.339 e. The van der Waals surface area contributed by atoms with E-state index in [-0.39, 0.29) is 17.4 Å². The standard InChI is InChI=1S/C30H36ClN3O2/c31-28-13-12-24-26(33-28)7-4-15-30(24)19-32-18-25(30)29(36)34-16-14-22(20-5-2-1-3-6-20)17-27(34)21-8-10-23(35)11-9-21/h1-3,5-6,12-13,21-22,25,27,32H,4,7-11,14-19H2/t22?,25?,27?,30-/m0/s1. The Morgan fingerprint density at radius 2 is 1.86 bits per heavy atom. The Balaban J connectivity index is 1.30. The Morgan fingerprint density at radius 1 is 1.06 bits per heavy atom. The Morgan fingerprint density at radius 3 is 2.67 bits per heavy atom. The normalized spacial score (nSPS) is 31.0. The number of aromatic nitrogens is 1. The lowest BCUT2D eigenvalue weighted by atomic mass is 9.64. The van der Waals surface area contributed by atoms with Gasteiger partial charge in [0.1, 0.15) is 10.9 Å². The predicted molar refractivity (Wildman–Crippen MR) is 141 cm³/mol. The number of amides is 1. The van der Waals surface area contributed by atoms with E-state index in [9.17, 15) is 9.59 Å². The third-order valence-electron chi connectivity index (χ3n) is 9.60. The van der Waals surface area contributed by atoms with E-state index < -0.39 is 0 Å². The highest BCUT2D eigenvalue weighted by molar-refractivity contribution is 6.29. The minimum Gasteiger partial charge on any atom is -0.339 e. The maximum absolute atomic E-state index is 14.5. The molecule has 1 saturated carbocycles. The smallest absolute Gasteiger partial charge is 0.228 e. The quantitative estimate of drug-likeness (QED) is 0.592. The summed E-state index contributed by atoms with van der Waals surface area (Å²) in [6.07, 6.45) is 8.12. The van der Waals surface area contributed by atoms with Crippen LogP contribution in [0.15, 0.2) is 42.5 Å². The number of piperidine rings is 1. The molecule has 1 N–H and O–H groups in total. The number of nitrogens with zero attached hydrogens (tertiary/aromatic N) is 2. The number of carbonyl (C=O) groups excluding carboxylic acids is 2. The number of fused-ring (bicyclic) bond motifs is 2. The van der Waals surface area contributed by atoms with Gasteiger partial charge in [0.05, 0.1) is 5.92 Å². The van der Waals surface area contributed by atoms with Crippen LogP contribution in [0.5, 0.6) is 0 Å². The van der Waals surface area contributed by atoms with Crippen LogP contribution >= 0.6 is 11.6 Å². The molecule has 0 bridgehead atoms. The van der Waals surface area contributed by atoms with Crippen molar-refractivity contribution in [3.05, 3.63) is 64.4 Å². The predicted octanol–water partition coefficient (Wildman–Crippen LogP) is 5.06. The summed E-state index contributed by atoms with van der Waals surface area (Å²) in [6, 6.07) is 15.0. The lowest BCUT2D eigenvalue weighted by molar-refractivity contribution is -0.143. The maximum Gasteiger partial charge on any atom is 0.228 e. The van der Waals surface area contributed by atoms with Crippen LogP contribution < -0.4 is 5.32 Å². The molecule has 6 heteroatoms. The molecule has 1 amide bonds. The van der Waals surface area contributed by atoms with Crippen LogP contribution in [0.3, 0.4) is 0 Å². The zero-order chi connectivity index (χ0) is 24.7. The van der Waals surface area contributed by atoms with E-state index >= 15 is 0 Å². The van der Waals surface area contributed by atoms with Gasteiger partial charge in [0.25, 0.3) is 0 Å². The number of benzene rings is 1. The highest BCUT2D eigenvalue weighted by Crippen LogP contribution is 2.47. The van der Waals surface area contributed by atoms with Crippen molar-refractivity contribution in [2.24, 2.45) is 11.8 Å². The molecule has 2 aliphatic heterocycles. The molecular formula is C30H36ClN3O2. The van der Waals surface area contributed by atoms with E-state index in [2.05, 4.69) is 51.6 Å². The van der Waals surface area contributed by atoms with Crippen LogP contribution in [0.25, 0.3) is 0 Å². The highest BCUT2D eigenvalue weighted by atomic mass is 35.5. The molecule has 3 heterocycles. The van der Waals surface area contributed by atoms with Crippen molar-refractivity contribution in [1.82, 2.24) is 15.2 Å². The topological polar surface area (TPSA) is 62.3 Å². The summed E-state index contributed by atoms with van der Waals surface area (Å²) in [5.74, 6) is 1.47. The molecule has 6 rings (SSSR count). The number of likely N-dealkylation sites (tertiary alicyclic amines) is 1. The number of nitrogens with one attached hydrogen (secondary N) is 1. The molecule has 2 aliphatic carbocycles. The van der Waals surface area contributed by atoms with Gasteiger partial charge in [-0.25, -0.2) is 4.98 Å². The molecule has 1 spiro atoms.